The van der Waals surface area contributed by atoms with Crippen LogP contribution in [0.15, 0.2) is 18.2 Å². The minimum absolute atomic E-state index is 0.410. The van der Waals surface area contributed by atoms with E-state index >= 15 is 0 Å². The van der Waals surface area contributed by atoms with Gasteiger partial charge in [0.05, 0.1) is 0 Å². The lowest BCUT2D eigenvalue weighted by atomic mass is 9.48. The van der Waals surface area contributed by atoms with Crippen LogP contribution < -0.4 is 0 Å². The van der Waals surface area contributed by atoms with E-state index in [2.05, 4.69) is 49.5 Å². The molecule has 0 aliphatic heterocycles. The van der Waals surface area contributed by atoms with Gasteiger partial charge in [0.25, 0.3) is 0 Å². The summed E-state index contributed by atoms with van der Waals surface area (Å²) >= 11 is 0. The van der Waals surface area contributed by atoms with Crippen molar-refractivity contribution < 1.29 is 4.79 Å². The van der Waals surface area contributed by atoms with E-state index in [1.165, 1.54) is 23.7 Å². The highest BCUT2D eigenvalue weighted by molar-refractivity contribution is 5.92. The topological polar surface area (TPSA) is 25.2 Å². The van der Waals surface area contributed by atoms with Crippen LogP contribution in [0, 0.1) is 11.3 Å². The number of benzene rings is 1. The van der Waals surface area contributed by atoms with E-state index in [1.807, 2.05) is 6.07 Å². The smallest absolute Gasteiger partial charge is 0.150 e. The number of aldehydes is 1. The lowest BCUT2D eigenvalue weighted by Gasteiger charge is -2.56. The van der Waals surface area contributed by atoms with Crippen molar-refractivity contribution in [2.24, 2.45) is 11.3 Å². The van der Waals surface area contributed by atoms with Crippen molar-refractivity contribution in [3.8, 4) is 0 Å². The van der Waals surface area contributed by atoms with Crippen LogP contribution in [0.1, 0.15) is 54.2 Å². The van der Waals surface area contributed by atoms with Gasteiger partial charge in [0, 0.05) is 28.7 Å². The zero-order valence-electron chi connectivity index (χ0n) is 15.3. The number of rotatable bonds is 5. The molecule has 1 heterocycles. The van der Waals surface area contributed by atoms with E-state index in [4.69, 9.17) is 0 Å². The minimum atomic E-state index is 0.410. The number of nitrogens with zero attached hydrogens (tertiary/aromatic N) is 2. The molecule has 3 aliphatic rings. The lowest BCUT2D eigenvalue weighted by Crippen LogP contribution is -2.48. The van der Waals surface area contributed by atoms with E-state index in [9.17, 15) is 4.79 Å². The van der Waals surface area contributed by atoms with Gasteiger partial charge < -0.3 is 9.47 Å². The predicted molar refractivity (Wildman–Crippen MR) is 98.8 cm³/mol. The third-order valence-corrected chi connectivity index (χ3v) is 6.62. The molecule has 2 unspecified atom stereocenters. The van der Waals surface area contributed by atoms with Crippen LogP contribution in [0.25, 0.3) is 10.9 Å². The molecule has 1 aromatic heterocycles. The van der Waals surface area contributed by atoms with E-state index in [0.717, 1.165) is 37.3 Å². The van der Waals surface area contributed by atoms with Crippen molar-refractivity contribution in [2.45, 2.75) is 45.6 Å². The van der Waals surface area contributed by atoms with E-state index < -0.39 is 0 Å². The average Bonchev–Trinajstić information content (AvgIpc) is 2.88. The Morgan fingerprint density at radius 1 is 1.33 bits per heavy atom. The number of carbonyl (C=O) groups is 1. The van der Waals surface area contributed by atoms with E-state index in [0.29, 0.717) is 11.3 Å². The van der Waals surface area contributed by atoms with Crippen molar-refractivity contribution in [3.63, 3.8) is 0 Å². The molecule has 0 radical (unpaired) electrons. The zero-order valence-corrected chi connectivity index (χ0v) is 15.3. The molecule has 0 saturated heterocycles. The Hall–Kier alpha value is -1.61. The monoisotopic (exact) mass is 324 g/mol. The second kappa shape index (κ2) is 5.45. The molecule has 3 heteroatoms. The normalized spacial score (nSPS) is 24.0. The van der Waals surface area contributed by atoms with Crippen LogP contribution in [0.5, 0.6) is 0 Å². The Labute approximate surface area is 144 Å². The van der Waals surface area contributed by atoms with Gasteiger partial charge in [0.2, 0.25) is 0 Å². The van der Waals surface area contributed by atoms with Crippen molar-refractivity contribution in [1.29, 1.82) is 0 Å². The van der Waals surface area contributed by atoms with Crippen molar-refractivity contribution in [3.05, 3.63) is 35.0 Å². The standard InChI is InChI=1S/C21H28N2O/c1-21(2)15-11-17(21)20-16-10-14(13-24)6-7-18(16)23(19(20)12-15)9-5-8-22(3)4/h6-7,10,13,15,17H,5,8-9,11-12H2,1-4H3. The van der Waals surface area contributed by atoms with Crippen LogP contribution >= 0.6 is 0 Å². The van der Waals surface area contributed by atoms with Crippen LogP contribution in [-0.2, 0) is 13.0 Å². The number of fused-ring (bicyclic) bond motifs is 1. The first kappa shape index (κ1) is 15.9. The highest BCUT2D eigenvalue weighted by Crippen LogP contribution is 2.63. The van der Waals surface area contributed by atoms with Gasteiger partial charge in [-0.1, -0.05) is 13.8 Å². The van der Waals surface area contributed by atoms with Crippen LogP contribution in [0.3, 0.4) is 0 Å². The van der Waals surface area contributed by atoms with Gasteiger partial charge in [-0.2, -0.15) is 0 Å². The Morgan fingerprint density at radius 2 is 2.12 bits per heavy atom. The Bertz CT molecular complexity index is 800. The summed E-state index contributed by atoms with van der Waals surface area (Å²) in [5, 5.41) is 1.33. The van der Waals surface area contributed by atoms with Crippen molar-refractivity contribution in [1.82, 2.24) is 9.47 Å². The summed E-state index contributed by atoms with van der Waals surface area (Å²) in [7, 11) is 4.27. The summed E-state index contributed by atoms with van der Waals surface area (Å²) in [6, 6.07) is 6.26. The summed E-state index contributed by atoms with van der Waals surface area (Å²) in [5.41, 5.74) is 5.63. The summed E-state index contributed by atoms with van der Waals surface area (Å²) in [4.78, 5) is 13.5. The summed E-state index contributed by atoms with van der Waals surface area (Å²) in [6.45, 7) is 7.03. The fourth-order valence-corrected chi connectivity index (χ4v) is 5.02. The highest BCUT2D eigenvalue weighted by atomic mass is 16.1. The SMILES string of the molecule is CN(C)CCCn1c2c(c3cc(C=O)ccc31)C1CC(C2)C1(C)C. The van der Waals surface area contributed by atoms with Crippen molar-refractivity contribution >= 4 is 17.2 Å². The number of hydrogen-bond acceptors (Lipinski definition) is 2. The molecular weight excluding hydrogens is 296 g/mol. The molecule has 1 fully saturated rings. The van der Waals surface area contributed by atoms with Crippen molar-refractivity contribution in [2.75, 3.05) is 20.6 Å². The van der Waals surface area contributed by atoms with Gasteiger partial charge >= 0.3 is 0 Å². The van der Waals surface area contributed by atoms with Crippen LogP contribution in [0.4, 0.5) is 0 Å². The largest absolute Gasteiger partial charge is 0.344 e. The Balaban J connectivity index is 1.83. The molecule has 0 amide bonds. The van der Waals surface area contributed by atoms with E-state index in [-0.39, 0.29) is 0 Å². The number of aryl methyl sites for hydroxylation is 1. The first-order valence-electron chi connectivity index (χ1n) is 9.18. The fraction of sp³-hybridized carbons (Fsp3) is 0.571. The fourth-order valence-electron chi connectivity index (χ4n) is 5.02. The third-order valence-electron chi connectivity index (χ3n) is 6.62. The molecule has 2 atom stereocenters. The van der Waals surface area contributed by atoms with Gasteiger partial charge in [-0.05, 0) is 80.9 Å². The molecule has 1 saturated carbocycles. The highest BCUT2D eigenvalue weighted by Gasteiger charge is 2.54. The summed E-state index contributed by atoms with van der Waals surface area (Å²) in [6.07, 6.45) is 4.66. The zero-order chi connectivity index (χ0) is 17.1. The lowest BCUT2D eigenvalue weighted by molar-refractivity contribution is 0.0174. The maximum Gasteiger partial charge on any atom is 0.150 e. The first-order valence-corrected chi connectivity index (χ1v) is 9.18. The molecule has 1 aromatic carbocycles. The Kier molecular flexibility index (Phi) is 3.61. The molecule has 2 aromatic rings. The molecule has 24 heavy (non-hydrogen) atoms. The molecule has 128 valence electrons. The van der Waals surface area contributed by atoms with Gasteiger partial charge in [-0.15, -0.1) is 0 Å². The predicted octanol–water partition coefficient (Wildman–Crippen LogP) is 4.09. The number of aromatic nitrogens is 1. The maximum atomic E-state index is 11.3. The van der Waals surface area contributed by atoms with Crippen LogP contribution in [-0.4, -0.2) is 36.4 Å². The van der Waals surface area contributed by atoms with Gasteiger partial charge in [-0.3, -0.25) is 4.79 Å². The third kappa shape index (κ3) is 2.17. The summed E-state index contributed by atoms with van der Waals surface area (Å²) in [5.74, 6) is 1.48. The molecule has 3 nitrogen and oxygen atoms in total. The molecular formula is C21H28N2O. The molecule has 5 rings (SSSR count). The van der Waals surface area contributed by atoms with Crippen LogP contribution in [0.2, 0.25) is 0 Å². The van der Waals surface area contributed by atoms with Gasteiger partial charge in [-0.25, -0.2) is 0 Å². The second-order valence-corrected chi connectivity index (χ2v) is 8.57. The quantitative estimate of drug-likeness (QED) is 0.774. The average molecular weight is 324 g/mol. The summed E-state index contributed by atoms with van der Waals surface area (Å²) < 4.78 is 2.55. The van der Waals surface area contributed by atoms with E-state index in [1.54, 1.807) is 11.3 Å². The molecule has 0 N–H and O–H groups in total. The van der Waals surface area contributed by atoms with Gasteiger partial charge in [0.1, 0.15) is 6.29 Å². The second-order valence-electron chi connectivity index (χ2n) is 8.57. The number of hydrogen-bond donors (Lipinski definition) is 0. The first-order chi connectivity index (χ1) is 11.4. The number of carbonyl (C=O) groups excluding carboxylic acids is 1. The van der Waals surface area contributed by atoms with Gasteiger partial charge in [0.15, 0.2) is 0 Å². The molecule has 0 spiro atoms. The maximum absolute atomic E-state index is 11.3. The minimum Gasteiger partial charge on any atom is -0.344 e. The molecule has 2 bridgehead atoms. The Morgan fingerprint density at radius 3 is 2.79 bits per heavy atom. The molecule has 3 aliphatic carbocycles.